The van der Waals surface area contributed by atoms with Crippen LogP contribution in [0.15, 0.2) is 88.5 Å². The summed E-state index contributed by atoms with van der Waals surface area (Å²) in [5.41, 5.74) is 3.99. The van der Waals surface area contributed by atoms with E-state index in [4.69, 9.17) is 9.26 Å². The van der Waals surface area contributed by atoms with E-state index in [0.717, 1.165) is 33.5 Å². The second-order valence-electron chi connectivity index (χ2n) is 7.57. The molecule has 2 heterocycles. The molecule has 34 heavy (non-hydrogen) atoms. The lowest BCUT2D eigenvalue weighted by atomic mass is 10.2. The zero-order valence-electron chi connectivity index (χ0n) is 18.9. The molecule has 0 saturated carbocycles. The van der Waals surface area contributed by atoms with Crippen LogP contribution >= 0.6 is 11.8 Å². The normalized spacial score (nSPS) is 11.0. The van der Waals surface area contributed by atoms with E-state index in [1.54, 1.807) is 0 Å². The highest BCUT2D eigenvalue weighted by molar-refractivity contribution is 7.98. The van der Waals surface area contributed by atoms with Crippen LogP contribution in [0.5, 0.6) is 5.75 Å². The Hall–Kier alpha value is -3.91. The number of para-hydroxylation sites is 1. The summed E-state index contributed by atoms with van der Waals surface area (Å²) in [6.07, 6.45) is 0. The number of nitrogens with zero attached hydrogens (tertiary/aromatic N) is 5. The molecule has 3 aromatic carbocycles. The number of hydrogen-bond acceptors (Lipinski definition) is 7. The van der Waals surface area contributed by atoms with Crippen molar-refractivity contribution >= 4 is 11.8 Å². The molecule has 0 unspecified atom stereocenters. The summed E-state index contributed by atoms with van der Waals surface area (Å²) >= 11 is 1.50. The van der Waals surface area contributed by atoms with Crippen molar-refractivity contribution in [2.75, 3.05) is 6.61 Å². The van der Waals surface area contributed by atoms with Crippen LogP contribution in [-0.4, -0.2) is 31.5 Å². The van der Waals surface area contributed by atoms with E-state index in [-0.39, 0.29) is 0 Å². The molecule has 0 saturated heterocycles. The zero-order valence-corrected chi connectivity index (χ0v) is 19.7. The van der Waals surface area contributed by atoms with Crippen LogP contribution in [0.3, 0.4) is 0 Å². The van der Waals surface area contributed by atoms with Crippen LogP contribution in [-0.2, 0) is 5.75 Å². The van der Waals surface area contributed by atoms with Crippen molar-refractivity contribution in [1.82, 2.24) is 24.9 Å². The SMILES string of the molecule is CCOc1ccccc1-c1noc(CSc2nnc(-c3ccccc3)n2-c2ccc(C)cc2)n1. The van der Waals surface area contributed by atoms with Crippen LogP contribution in [0.4, 0.5) is 0 Å². The van der Waals surface area contributed by atoms with Gasteiger partial charge in [0, 0.05) is 11.3 Å². The molecule has 0 aliphatic rings. The van der Waals surface area contributed by atoms with Gasteiger partial charge in [-0.15, -0.1) is 10.2 Å². The number of rotatable bonds is 8. The molecule has 5 aromatic rings. The average Bonchev–Trinajstić information content (AvgIpc) is 3.52. The number of aryl methyl sites for hydroxylation is 1. The van der Waals surface area contributed by atoms with E-state index in [1.807, 2.05) is 61.5 Å². The Bertz CT molecular complexity index is 1380. The van der Waals surface area contributed by atoms with E-state index >= 15 is 0 Å². The van der Waals surface area contributed by atoms with E-state index in [0.29, 0.717) is 24.1 Å². The Morgan fingerprint density at radius 2 is 1.68 bits per heavy atom. The monoisotopic (exact) mass is 469 g/mol. The van der Waals surface area contributed by atoms with Crippen molar-refractivity contribution < 1.29 is 9.26 Å². The summed E-state index contributed by atoms with van der Waals surface area (Å²) in [7, 11) is 0. The fraction of sp³-hybridized carbons (Fsp3) is 0.154. The minimum absolute atomic E-state index is 0.461. The first-order valence-corrected chi connectivity index (χ1v) is 12.0. The maximum atomic E-state index is 5.70. The molecule has 0 N–H and O–H groups in total. The first-order chi connectivity index (χ1) is 16.7. The van der Waals surface area contributed by atoms with Crippen LogP contribution in [0.1, 0.15) is 18.4 Å². The Kier molecular flexibility index (Phi) is 6.40. The van der Waals surface area contributed by atoms with Crippen molar-refractivity contribution in [3.05, 3.63) is 90.3 Å². The summed E-state index contributed by atoms with van der Waals surface area (Å²) < 4.78 is 13.3. The molecule has 0 amide bonds. The molecule has 0 fully saturated rings. The van der Waals surface area contributed by atoms with Gasteiger partial charge in [-0.3, -0.25) is 4.57 Å². The Balaban J connectivity index is 1.43. The molecule has 0 radical (unpaired) electrons. The molecule has 8 heteroatoms. The first kappa shape index (κ1) is 21.9. The van der Waals surface area contributed by atoms with Gasteiger partial charge in [0.1, 0.15) is 5.75 Å². The number of benzene rings is 3. The molecule has 0 bridgehead atoms. The smallest absolute Gasteiger partial charge is 0.237 e. The summed E-state index contributed by atoms with van der Waals surface area (Å²) in [4.78, 5) is 4.58. The maximum Gasteiger partial charge on any atom is 0.237 e. The van der Waals surface area contributed by atoms with E-state index in [9.17, 15) is 0 Å². The molecule has 170 valence electrons. The van der Waals surface area contributed by atoms with E-state index < -0.39 is 0 Å². The van der Waals surface area contributed by atoms with Gasteiger partial charge in [-0.05, 0) is 38.1 Å². The fourth-order valence-electron chi connectivity index (χ4n) is 3.55. The molecular formula is C26H23N5O2S. The number of aromatic nitrogens is 5. The second kappa shape index (κ2) is 9.93. The van der Waals surface area contributed by atoms with E-state index in [2.05, 4.69) is 56.1 Å². The second-order valence-corrected chi connectivity index (χ2v) is 8.52. The van der Waals surface area contributed by atoms with Gasteiger partial charge in [-0.2, -0.15) is 4.98 Å². The number of thioether (sulfide) groups is 1. The van der Waals surface area contributed by atoms with Crippen LogP contribution < -0.4 is 4.74 Å². The van der Waals surface area contributed by atoms with Gasteiger partial charge in [-0.25, -0.2) is 0 Å². The molecular weight excluding hydrogens is 446 g/mol. The predicted molar refractivity (Wildman–Crippen MR) is 132 cm³/mol. The third-order valence-electron chi connectivity index (χ3n) is 5.18. The van der Waals surface area contributed by atoms with Gasteiger partial charge in [-0.1, -0.05) is 77.1 Å². The van der Waals surface area contributed by atoms with Gasteiger partial charge >= 0.3 is 0 Å². The van der Waals surface area contributed by atoms with Gasteiger partial charge in [0.25, 0.3) is 0 Å². The summed E-state index contributed by atoms with van der Waals surface area (Å²) in [5.74, 6) is 2.99. The third-order valence-corrected chi connectivity index (χ3v) is 6.09. The quantitative estimate of drug-likeness (QED) is 0.259. The topological polar surface area (TPSA) is 78.9 Å². The van der Waals surface area contributed by atoms with Crippen molar-refractivity contribution in [2.24, 2.45) is 0 Å². The van der Waals surface area contributed by atoms with E-state index in [1.165, 1.54) is 17.3 Å². The van der Waals surface area contributed by atoms with Gasteiger partial charge in [0.05, 0.1) is 17.9 Å². The van der Waals surface area contributed by atoms with Crippen LogP contribution in [0, 0.1) is 6.92 Å². The Morgan fingerprint density at radius 3 is 2.47 bits per heavy atom. The molecule has 0 spiro atoms. The maximum absolute atomic E-state index is 5.70. The molecule has 7 nitrogen and oxygen atoms in total. The molecule has 0 atom stereocenters. The number of ether oxygens (including phenoxy) is 1. The third kappa shape index (κ3) is 4.58. The zero-order chi connectivity index (χ0) is 23.3. The summed E-state index contributed by atoms with van der Waals surface area (Å²) in [5, 5.41) is 13.9. The Morgan fingerprint density at radius 1 is 0.912 bits per heavy atom. The number of hydrogen-bond donors (Lipinski definition) is 0. The van der Waals surface area contributed by atoms with Crippen molar-refractivity contribution in [2.45, 2.75) is 24.8 Å². The minimum Gasteiger partial charge on any atom is -0.493 e. The highest BCUT2D eigenvalue weighted by atomic mass is 32.2. The average molecular weight is 470 g/mol. The molecule has 0 aliphatic carbocycles. The van der Waals surface area contributed by atoms with Gasteiger partial charge in [0.2, 0.25) is 11.7 Å². The molecule has 0 aliphatic heterocycles. The lowest BCUT2D eigenvalue weighted by Crippen LogP contribution is -2.00. The summed E-state index contributed by atoms with van der Waals surface area (Å²) in [6.45, 7) is 4.58. The lowest BCUT2D eigenvalue weighted by molar-refractivity contribution is 0.341. The highest BCUT2D eigenvalue weighted by Gasteiger charge is 2.18. The van der Waals surface area contributed by atoms with Gasteiger partial charge in [0.15, 0.2) is 11.0 Å². The predicted octanol–water partition coefficient (Wildman–Crippen LogP) is 5.98. The van der Waals surface area contributed by atoms with Gasteiger partial charge < -0.3 is 9.26 Å². The van der Waals surface area contributed by atoms with Crippen LogP contribution in [0.25, 0.3) is 28.5 Å². The van der Waals surface area contributed by atoms with Crippen molar-refractivity contribution in [3.8, 4) is 34.2 Å². The highest BCUT2D eigenvalue weighted by Crippen LogP contribution is 2.31. The van der Waals surface area contributed by atoms with Crippen LogP contribution in [0.2, 0.25) is 0 Å². The summed E-state index contributed by atoms with van der Waals surface area (Å²) in [6, 6.07) is 26.0. The Labute approximate surface area is 201 Å². The molecule has 5 rings (SSSR count). The fourth-order valence-corrected chi connectivity index (χ4v) is 4.34. The first-order valence-electron chi connectivity index (χ1n) is 11.0. The van der Waals surface area contributed by atoms with Crippen molar-refractivity contribution in [3.63, 3.8) is 0 Å². The van der Waals surface area contributed by atoms with Crippen molar-refractivity contribution in [1.29, 1.82) is 0 Å². The minimum atomic E-state index is 0.461. The lowest BCUT2D eigenvalue weighted by Gasteiger charge is -2.10. The molecule has 2 aromatic heterocycles. The standard InChI is InChI=1S/C26H23N5O2S/c1-3-32-22-12-8-7-11-21(22)24-27-23(33-30-24)17-34-26-29-28-25(19-9-5-4-6-10-19)31(26)20-15-13-18(2)14-16-20/h4-16H,3,17H2,1-2H3. The largest absolute Gasteiger partial charge is 0.493 e.